The van der Waals surface area contributed by atoms with Gasteiger partial charge in [-0.25, -0.2) is 10.8 Å². The van der Waals surface area contributed by atoms with Gasteiger partial charge in [0.2, 0.25) is 17.1 Å². The maximum atomic E-state index is 5.44. The molecule has 20 heavy (non-hydrogen) atoms. The minimum Gasteiger partial charge on any atom is -0.341 e. The Hall–Kier alpha value is -1.87. The van der Waals surface area contributed by atoms with Gasteiger partial charge in [-0.3, -0.25) is 5.43 Å². The zero-order valence-electron chi connectivity index (χ0n) is 11.2. The quantitative estimate of drug-likeness (QED) is 0.626. The highest BCUT2D eigenvalue weighted by Gasteiger charge is 2.18. The van der Waals surface area contributed by atoms with Crippen LogP contribution in [0.3, 0.4) is 0 Å². The monoisotopic (exact) mass is 292 g/mol. The van der Waals surface area contributed by atoms with Crippen LogP contribution in [-0.4, -0.2) is 37.6 Å². The Morgan fingerprint density at radius 1 is 1.25 bits per heavy atom. The molecule has 0 aromatic carbocycles. The van der Waals surface area contributed by atoms with Gasteiger partial charge >= 0.3 is 0 Å². The maximum Gasteiger partial charge on any atom is 0.242 e. The number of nitrogen functional groups attached to an aromatic ring is 1. The Balaban J connectivity index is 1.89. The topological polar surface area (TPSA) is 97.8 Å². The normalized spacial score (nSPS) is 14.8. The maximum absolute atomic E-state index is 5.44. The number of nitrogens with two attached hydrogens (primary N) is 1. The van der Waals surface area contributed by atoms with Gasteiger partial charge in [-0.2, -0.15) is 15.0 Å². The number of nitrogens with zero attached hydrogens (tertiary/aromatic N) is 6. The van der Waals surface area contributed by atoms with Crippen molar-refractivity contribution in [3.05, 3.63) is 12.4 Å². The molecule has 1 aliphatic heterocycles. The zero-order valence-corrected chi connectivity index (χ0v) is 12.0. The molecular formula is C11H16N8S. The average Bonchev–Trinajstić information content (AvgIpc) is 3.11. The smallest absolute Gasteiger partial charge is 0.242 e. The van der Waals surface area contributed by atoms with Gasteiger partial charge in [-0.1, -0.05) is 0 Å². The second-order valence-electron chi connectivity index (χ2n) is 4.50. The molecular weight excluding hydrogens is 276 g/mol. The molecule has 1 fully saturated rings. The van der Waals surface area contributed by atoms with Gasteiger partial charge in [0.15, 0.2) is 5.16 Å². The molecule has 1 aliphatic rings. The lowest BCUT2D eigenvalue weighted by Gasteiger charge is -2.16. The van der Waals surface area contributed by atoms with Gasteiger partial charge in [-0.15, -0.1) is 0 Å². The number of hydrazine groups is 1. The second kappa shape index (κ2) is 5.63. The van der Waals surface area contributed by atoms with Crippen molar-refractivity contribution in [2.45, 2.75) is 23.2 Å². The molecule has 2 aromatic rings. The molecule has 3 heterocycles. The van der Waals surface area contributed by atoms with Crippen LogP contribution in [0.15, 0.2) is 22.7 Å². The molecule has 2 aromatic heterocycles. The van der Waals surface area contributed by atoms with Gasteiger partial charge in [0.05, 0.1) is 0 Å². The first kappa shape index (κ1) is 13.1. The van der Waals surface area contributed by atoms with Crippen molar-refractivity contribution in [2.75, 3.05) is 23.4 Å². The molecule has 3 N–H and O–H groups in total. The van der Waals surface area contributed by atoms with Crippen LogP contribution in [0.1, 0.15) is 12.8 Å². The number of anilines is 2. The van der Waals surface area contributed by atoms with Crippen LogP contribution in [-0.2, 0) is 7.05 Å². The first-order chi connectivity index (χ1) is 9.76. The number of imidazole rings is 1. The molecule has 0 spiro atoms. The summed E-state index contributed by atoms with van der Waals surface area (Å²) in [6.45, 7) is 1.95. The van der Waals surface area contributed by atoms with Crippen molar-refractivity contribution < 1.29 is 0 Å². The summed E-state index contributed by atoms with van der Waals surface area (Å²) in [6, 6.07) is 0. The van der Waals surface area contributed by atoms with Gasteiger partial charge in [0.25, 0.3) is 0 Å². The Bertz CT molecular complexity index is 592. The molecule has 0 aliphatic carbocycles. The van der Waals surface area contributed by atoms with E-state index in [4.69, 9.17) is 5.84 Å². The van der Waals surface area contributed by atoms with Gasteiger partial charge in [-0.05, 0) is 24.6 Å². The summed E-state index contributed by atoms with van der Waals surface area (Å²) >= 11 is 1.39. The molecule has 0 unspecified atom stereocenters. The van der Waals surface area contributed by atoms with E-state index >= 15 is 0 Å². The Kier molecular flexibility index (Phi) is 3.70. The fraction of sp³-hybridized carbons (Fsp3) is 0.455. The van der Waals surface area contributed by atoms with E-state index in [1.165, 1.54) is 24.6 Å². The summed E-state index contributed by atoms with van der Waals surface area (Å²) < 4.78 is 1.92. The lowest BCUT2D eigenvalue weighted by molar-refractivity contribution is 0.779. The third kappa shape index (κ3) is 2.68. The van der Waals surface area contributed by atoms with Crippen molar-refractivity contribution in [1.29, 1.82) is 0 Å². The van der Waals surface area contributed by atoms with E-state index in [-0.39, 0.29) is 0 Å². The Morgan fingerprint density at radius 3 is 2.70 bits per heavy atom. The van der Waals surface area contributed by atoms with Crippen molar-refractivity contribution in [2.24, 2.45) is 12.9 Å². The van der Waals surface area contributed by atoms with E-state index in [1.807, 2.05) is 17.8 Å². The fourth-order valence-electron chi connectivity index (χ4n) is 2.05. The number of hydrogen-bond acceptors (Lipinski definition) is 8. The SMILES string of the molecule is Cn1ccnc1Sc1nc(NN)nc(N2CCCC2)n1. The Morgan fingerprint density at radius 2 is 2.05 bits per heavy atom. The number of hydrogen-bond donors (Lipinski definition) is 2. The fourth-order valence-corrected chi connectivity index (χ4v) is 2.79. The first-order valence-corrected chi connectivity index (χ1v) is 7.21. The van der Waals surface area contributed by atoms with Crippen LogP contribution in [0.25, 0.3) is 0 Å². The van der Waals surface area contributed by atoms with Crippen molar-refractivity contribution in [1.82, 2.24) is 24.5 Å². The van der Waals surface area contributed by atoms with Crippen LogP contribution in [0, 0.1) is 0 Å². The standard InChI is InChI=1S/C11H16N8S/c1-18-7-4-13-11(18)20-10-15-8(17-12)14-9(16-10)19-5-2-3-6-19/h4,7H,2-3,5-6,12H2,1H3,(H,14,15,16,17). The van der Waals surface area contributed by atoms with Gasteiger partial charge < -0.3 is 9.47 Å². The highest BCUT2D eigenvalue weighted by molar-refractivity contribution is 7.99. The Labute approximate surface area is 120 Å². The molecule has 0 radical (unpaired) electrons. The van der Waals surface area contributed by atoms with E-state index in [1.54, 1.807) is 6.20 Å². The van der Waals surface area contributed by atoms with Crippen LogP contribution in [0.5, 0.6) is 0 Å². The van der Waals surface area contributed by atoms with Crippen molar-refractivity contribution in [3.63, 3.8) is 0 Å². The zero-order chi connectivity index (χ0) is 13.9. The highest BCUT2D eigenvalue weighted by Crippen LogP contribution is 2.25. The van der Waals surface area contributed by atoms with Crippen LogP contribution < -0.4 is 16.2 Å². The summed E-state index contributed by atoms with van der Waals surface area (Å²) in [5.41, 5.74) is 2.50. The molecule has 106 valence electrons. The largest absolute Gasteiger partial charge is 0.341 e. The summed E-state index contributed by atoms with van der Waals surface area (Å²) in [7, 11) is 1.93. The van der Waals surface area contributed by atoms with Crippen molar-refractivity contribution in [3.8, 4) is 0 Å². The molecule has 1 saturated heterocycles. The molecule has 0 atom stereocenters. The van der Waals surface area contributed by atoms with E-state index in [0.717, 1.165) is 18.2 Å². The lowest BCUT2D eigenvalue weighted by atomic mass is 10.4. The number of nitrogens with one attached hydrogen (secondary N) is 1. The molecule has 9 heteroatoms. The van der Waals surface area contributed by atoms with Crippen LogP contribution >= 0.6 is 11.8 Å². The highest BCUT2D eigenvalue weighted by atomic mass is 32.2. The predicted octanol–water partition coefficient (Wildman–Crippen LogP) is 0.642. The first-order valence-electron chi connectivity index (χ1n) is 6.39. The van der Waals surface area contributed by atoms with E-state index in [0.29, 0.717) is 17.1 Å². The van der Waals surface area contributed by atoms with E-state index in [9.17, 15) is 0 Å². The summed E-state index contributed by atoms with van der Waals surface area (Å²) in [5, 5.41) is 1.41. The summed E-state index contributed by atoms with van der Waals surface area (Å²) in [6.07, 6.45) is 5.96. The summed E-state index contributed by atoms with van der Waals surface area (Å²) in [4.78, 5) is 19.5. The van der Waals surface area contributed by atoms with Gasteiger partial charge in [0.1, 0.15) is 0 Å². The van der Waals surface area contributed by atoms with E-state index < -0.39 is 0 Å². The number of aromatic nitrogens is 5. The lowest BCUT2D eigenvalue weighted by Crippen LogP contribution is -2.22. The van der Waals surface area contributed by atoms with Crippen LogP contribution in [0.2, 0.25) is 0 Å². The second-order valence-corrected chi connectivity index (χ2v) is 5.44. The van der Waals surface area contributed by atoms with Gasteiger partial charge in [0, 0.05) is 32.5 Å². The molecule has 3 rings (SSSR count). The number of rotatable bonds is 4. The third-order valence-corrected chi connectivity index (χ3v) is 4.02. The molecule has 0 bridgehead atoms. The minimum absolute atomic E-state index is 0.374. The molecule has 8 nitrogen and oxygen atoms in total. The third-order valence-electron chi connectivity index (χ3n) is 3.08. The van der Waals surface area contributed by atoms with E-state index in [2.05, 4.69) is 30.3 Å². The molecule has 0 saturated carbocycles. The average molecular weight is 292 g/mol. The predicted molar refractivity (Wildman–Crippen MR) is 76.4 cm³/mol. The van der Waals surface area contributed by atoms with Crippen molar-refractivity contribution >= 4 is 23.7 Å². The van der Waals surface area contributed by atoms with Crippen LogP contribution in [0.4, 0.5) is 11.9 Å². The number of aryl methyl sites for hydroxylation is 1. The molecule has 0 amide bonds. The minimum atomic E-state index is 0.374. The summed E-state index contributed by atoms with van der Waals surface area (Å²) in [5.74, 6) is 6.48.